The Morgan fingerprint density at radius 3 is 3.24 bits per heavy atom. The van der Waals surface area contributed by atoms with Gasteiger partial charge in [-0.3, -0.25) is 9.69 Å². The van der Waals surface area contributed by atoms with Crippen molar-refractivity contribution in [3.05, 3.63) is 24.5 Å². The molecule has 1 aromatic heterocycles. The fraction of sp³-hybridized carbons (Fsp3) is 0.500. The molecule has 1 saturated heterocycles. The first-order valence-electron chi connectivity index (χ1n) is 5.88. The summed E-state index contributed by atoms with van der Waals surface area (Å²) < 4.78 is 1.68. The zero-order valence-electron chi connectivity index (χ0n) is 10.1. The van der Waals surface area contributed by atoms with Crippen LogP contribution in [0.2, 0.25) is 0 Å². The Kier molecular flexibility index (Phi) is 3.58. The van der Waals surface area contributed by atoms with Gasteiger partial charge in [-0.15, -0.1) is 0 Å². The van der Waals surface area contributed by atoms with Crippen LogP contribution in [0, 0.1) is 0 Å². The molecule has 2 heterocycles. The van der Waals surface area contributed by atoms with E-state index < -0.39 is 0 Å². The molecule has 5 nitrogen and oxygen atoms in total. The normalized spacial score (nSPS) is 21.9. The Morgan fingerprint density at radius 2 is 2.53 bits per heavy atom. The van der Waals surface area contributed by atoms with Crippen molar-refractivity contribution in [3.8, 4) is 0 Å². The van der Waals surface area contributed by atoms with E-state index in [0.717, 1.165) is 31.6 Å². The third-order valence-corrected chi connectivity index (χ3v) is 3.08. The molecule has 1 atom stereocenters. The number of nitrogens with zero attached hydrogens (tertiary/aromatic N) is 3. The van der Waals surface area contributed by atoms with Crippen molar-refractivity contribution in [1.29, 1.82) is 0 Å². The summed E-state index contributed by atoms with van der Waals surface area (Å²) in [5.41, 5.74) is 1.10. The van der Waals surface area contributed by atoms with Crippen molar-refractivity contribution in [2.24, 2.45) is 0 Å². The molecule has 17 heavy (non-hydrogen) atoms. The largest absolute Gasteiger partial charge is 0.355 e. The Labute approximate surface area is 101 Å². The average molecular weight is 234 g/mol. The summed E-state index contributed by atoms with van der Waals surface area (Å²) in [5.74, 6) is 0.110. The van der Waals surface area contributed by atoms with Gasteiger partial charge < -0.3 is 5.32 Å². The van der Waals surface area contributed by atoms with E-state index in [1.807, 2.05) is 19.3 Å². The first-order valence-corrected chi connectivity index (χ1v) is 5.88. The van der Waals surface area contributed by atoms with Gasteiger partial charge in [0.1, 0.15) is 0 Å². The zero-order valence-corrected chi connectivity index (χ0v) is 10.1. The third-order valence-electron chi connectivity index (χ3n) is 3.08. The van der Waals surface area contributed by atoms with Gasteiger partial charge in [-0.05, 0) is 13.3 Å². The molecule has 92 valence electrons. The molecular weight excluding hydrogens is 216 g/mol. The minimum absolute atomic E-state index is 0.0791. The van der Waals surface area contributed by atoms with Gasteiger partial charge in [-0.25, -0.2) is 4.68 Å². The van der Waals surface area contributed by atoms with Crippen molar-refractivity contribution in [2.75, 3.05) is 13.1 Å². The monoisotopic (exact) mass is 234 g/mol. The van der Waals surface area contributed by atoms with E-state index in [1.165, 1.54) is 0 Å². The quantitative estimate of drug-likeness (QED) is 0.837. The second-order valence-corrected chi connectivity index (χ2v) is 4.30. The van der Waals surface area contributed by atoms with Gasteiger partial charge in [0.15, 0.2) is 0 Å². The smallest absolute Gasteiger partial charge is 0.237 e. The van der Waals surface area contributed by atoms with Gasteiger partial charge in [0.2, 0.25) is 5.91 Å². The topological polar surface area (TPSA) is 50.2 Å². The van der Waals surface area contributed by atoms with E-state index in [4.69, 9.17) is 0 Å². The molecule has 1 aliphatic heterocycles. The summed E-state index contributed by atoms with van der Waals surface area (Å²) in [5, 5.41) is 7.05. The number of amides is 1. The van der Waals surface area contributed by atoms with Crippen molar-refractivity contribution in [3.63, 3.8) is 0 Å². The van der Waals surface area contributed by atoms with Gasteiger partial charge in [0.05, 0.1) is 12.2 Å². The summed E-state index contributed by atoms with van der Waals surface area (Å²) in [6, 6.07) is -0.0791. The molecule has 0 unspecified atom stereocenters. The predicted molar refractivity (Wildman–Crippen MR) is 66.1 cm³/mol. The molecule has 1 aromatic rings. The van der Waals surface area contributed by atoms with Gasteiger partial charge in [0, 0.05) is 37.6 Å². The Morgan fingerprint density at radius 1 is 1.71 bits per heavy atom. The molecule has 0 bridgehead atoms. The molecule has 2 rings (SSSR count). The van der Waals surface area contributed by atoms with Crippen LogP contribution in [0.25, 0.3) is 6.20 Å². The maximum Gasteiger partial charge on any atom is 0.237 e. The third kappa shape index (κ3) is 2.74. The number of hydrogen-bond acceptors (Lipinski definition) is 3. The predicted octanol–water partition coefficient (Wildman–Crippen LogP) is 0.694. The van der Waals surface area contributed by atoms with Crippen LogP contribution in [0.1, 0.15) is 18.9 Å². The highest BCUT2D eigenvalue weighted by Gasteiger charge is 2.23. The van der Waals surface area contributed by atoms with Gasteiger partial charge >= 0.3 is 0 Å². The van der Waals surface area contributed by atoms with E-state index in [-0.39, 0.29) is 11.9 Å². The van der Waals surface area contributed by atoms with E-state index in [9.17, 15) is 4.79 Å². The fourth-order valence-corrected chi connectivity index (χ4v) is 2.01. The highest BCUT2D eigenvalue weighted by atomic mass is 16.2. The maximum absolute atomic E-state index is 11.7. The van der Waals surface area contributed by atoms with Crippen molar-refractivity contribution in [1.82, 2.24) is 20.0 Å². The number of carbonyl (C=O) groups excluding carboxylic acids is 1. The number of hydrogen-bond donors (Lipinski definition) is 1. The standard InChI is InChI=1S/C12H18N4O/c1-3-16-9-11(7-14-16)8-15-6-4-5-13-12(17)10(15)2/h3,7,9-10H,1,4-6,8H2,2H3,(H,13,17)/t10-/m0/s1. The molecule has 0 spiro atoms. The van der Waals surface area contributed by atoms with Crippen LogP contribution in [0.4, 0.5) is 0 Å². The van der Waals surface area contributed by atoms with Crippen LogP contribution in [-0.2, 0) is 11.3 Å². The van der Waals surface area contributed by atoms with Gasteiger partial charge in [-0.2, -0.15) is 5.10 Å². The molecule has 1 fully saturated rings. The highest BCUT2D eigenvalue weighted by molar-refractivity contribution is 5.81. The van der Waals surface area contributed by atoms with Crippen LogP contribution in [0.15, 0.2) is 19.0 Å². The molecule has 0 saturated carbocycles. The second kappa shape index (κ2) is 5.14. The molecule has 0 aliphatic carbocycles. The lowest BCUT2D eigenvalue weighted by atomic mass is 10.2. The lowest BCUT2D eigenvalue weighted by Crippen LogP contribution is -2.41. The fourth-order valence-electron chi connectivity index (χ4n) is 2.01. The van der Waals surface area contributed by atoms with Crippen molar-refractivity contribution >= 4 is 12.1 Å². The molecule has 5 heteroatoms. The van der Waals surface area contributed by atoms with Crippen LogP contribution in [-0.4, -0.2) is 39.7 Å². The van der Waals surface area contributed by atoms with Crippen LogP contribution in [0.3, 0.4) is 0 Å². The Balaban J connectivity index is 2.05. The van der Waals surface area contributed by atoms with E-state index in [2.05, 4.69) is 21.9 Å². The Bertz CT molecular complexity index is 412. The van der Waals surface area contributed by atoms with Crippen molar-refractivity contribution < 1.29 is 4.79 Å². The minimum Gasteiger partial charge on any atom is -0.355 e. The van der Waals surface area contributed by atoms with E-state index in [1.54, 1.807) is 10.9 Å². The minimum atomic E-state index is -0.0791. The van der Waals surface area contributed by atoms with Crippen molar-refractivity contribution in [2.45, 2.75) is 25.9 Å². The zero-order chi connectivity index (χ0) is 12.3. The average Bonchev–Trinajstić information content (AvgIpc) is 2.73. The summed E-state index contributed by atoms with van der Waals surface area (Å²) in [6.07, 6.45) is 6.40. The van der Waals surface area contributed by atoms with Crippen LogP contribution >= 0.6 is 0 Å². The summed E-state index contributed by atoms with van der Waals surface area (Å²) >= 11 is 0. The lowest BCUT2D eigenvalue weighted by Gasteiger charge is -2.24. The first kappa shape index (κ1) is 11.9. The first-order chi connectivity index (χ1) is 8.20. The SMILES string of the molecule is C=Cn1cc(CN2CCCNC(=O)[C@@H]2C)cn1. The Hall–Kier alpha value is -1.62. The second-order valence-electron chi connectivity index (χ2n) is 4.30. The summed E-state index contributed by atoms with van der Waals surface area (Å²) in [4.78, 5) is 13.9. The molecule has 0 radical (unpaired) electrons. The highest BCUT2D eigenvalue weighted by Crippen LogP contribution is 2.10. The summed E-state index contributed by atoms with van der Waals surface area (Å²) in [6.45, 7) is 8.05. The van der Waals surface area contributed by atoms with Crippen LogP contribution < -0.4 is 5.32 Å². The molecule has 1 amide bonds. The molecule has 1 aliphatic rings. The molecule has 0 aromatic carbocycles. The number of aromatic nitrogens is 2. The van der Waals surface area contributed by atoms with Gasteiger partial charge in [-0.1, -0.05) is 6.58 Å². The van der Waals surface area contributed by atoms with E-state index in [0.29, 0.717) is 0 Å². The number of nitrogens with one attached hydrogen (secondary N) is 1. The summed E-state index contributed by atoms with van der Waals surface area (Å²) in [7, 11) is 0. The van der Waals surface area contributed by atoms with E-state index >= 15 is 0 Å². The van der Waals surface area contributed by atoms with Crippen LogP contribution in [0.5, 0.6) is 0 Å². The number of rotatable bonds is 3. The number of carbonyl (C=O) groups is 1. The van der Waals surface area contributed by atoms with Gasteiger partial charge in [0.25, 0.3) is 0 Å². The lowest BCUT2D eigenvalue weighted by molar-refractivity contribution is -0.125. The molecular formula is C12H18N4O. The maximum atomic E-state index is 11.7. The molecule has 1 N–H and O–H groups in total.